The third kappa shape index (κ3) is 2.16. The van der Waals surface area contributed by atoms with E-state index in [9.17, 15) is 0 Å². The van der Waals surface area contributed by atoms with Crippen LogP contribution < -0.4 is 0 Å². The topological polar surface area (TPSA) is 0 Å². The minimum atomic E-state index is 0.831. The maximum absolute atomic E-state index is 2.46. The van der Waals surface area contributed by atoms with Crippen LogP contribution in [0.1, 0.15) is 66.7 Å². The molecule has 1 nitrogen and oxygen atoms in total. The van der Waals surface area contributed by atoms with Gasteiger partial charge in [0.25, 0.3) is 0 Å². The smallest absolute Gasteiger partial charge is 0.0899 e. The fourth-order valence-corrected chi connectivity index (χ4v) is 5.24. The van der Waals surface area contributed by atoms with E-state index in [1.807, 2.05) is 0 Å². The third-order valence-corrected chi connectivity index (χ3v) is 5.72. The number of quaternary nitrogens is 1. The van der Waals surface area contributed by atoms with Crippen molar-refractivity contribution in [1.29, 1.82) is 0 Å². The highest BCUT2D eigenvalue weighted by Gasteiger charge is 2.54. The molecular weight excluding hydrogens is 206 g/mol. The van der Waals surface area contributed by atoms with Gasteiger partial charge in [-0.25, -0.2) is 0 Å². The van der Waals surface area contributed by atoms with Gasteiger partial charge in [-0.15, -0.1) is 0 Å². The minimum Gasteiger partial charge on any atom is -0.317 e. The van der Waals surface area contributed by atoms with Gasteiger partial charge in [0.2, 0.25) is 0 Å². The summed E-state index contributed by atoms with van der Waals surface area (Å²) in [6, 6.07) is 2.81. The highest BCUT2D eigenvalue weighted by molar-refractivity contribution is 4.87. The maximum atomic E-state index is 2.46. The fraction of sp³-hybridized carbons (Fsp3) is 1.00. The lowest BCUT2D eigenvalue weighted by Gasteiger charge is -2.52. The second-order valence-electron chi connectivity index (χ2n) is 7.26. The van der Waals surface area contributed by atoms with Crippen LogP contribution in [0.5, 0.6) is 0 Å². The number of piperidine rings is 1. The summed E-state index contributed by atoms with van der Waals surface area (Å²) < 4.78 is 1.45. The molecule has 2 bridgehead atoms. The molecule has 4 atom stereocenters. The molecule has 0 aromatic carbocycles. The molecule has 2 unspecified atom stereocenters. The summed E-state index contributed by atoms with van der Waals surface area (Å²) in [7, 11) is 0. The molecule has 0 radical (unpaired) electrons. The van der Waals surface area contributed by atoms with E-state index in [0.717, 1.165) is 30.0 Å². The second kappa shape index (κ2) is 4.91. The zero-order valence-corrected chi connectivity index (χ0v) is 12.6. The van der Waals surface area contributed by atoms with Crippen LogP contribution in [0.2, 0.25) is 0 Å². The van der Waals surface area contributed by atoms with Crippen molar-refractivity contribution in [2.24, 2.45) is 11.8 Å². The van der Waals surface area contributed by atoms with Gasteiger partial charge in [0, 0.05) is 25.7 Å². The molecule has 0 spiro atoms. The van der Waals surface area contributed by atoms with Gasteiger partial charge in [-0.05, 0) is 39.0 Å². The van der Waals surface area contributed by atoms with Crippen molar-refractivity contribution in [3.8, 4) is 0 Å². The molecular formula is C16H32N+. The molecule has 1 heteroatoms. The summed E-state index contributed by atoms with van der Waals surface area (Å²) in [6.45, 7) is 13.5. The van der Waals surface area contributed by atoms with Crippen molar-refractivity contribution in [2.75, 3.05) is 6.54 Å². The van der Waals surface area contributed by atoms with Crippen LogP contribution in [0, 0.1) is 11.8 Å². The number of rotatable bonds is 4. The SMILES string of the molecule is CC[N+]1(C(C)C)[C@@H]2CC[C@H]1CC(CC(C)C)C2. The van der Waals surface area contributed by atoms with Gasteiger partial charge >= 0.3 is 0 Å². The van der Waals surface area contributed by atoms with E-state index < -0.39 is 0 Å². The number of nitrogens with zero attached hydrogens (tertiary/aromatic N) is 1. The van der Waals surface area contributed by atoms with E-state index in [2.05, 4.69) is 34.6 Å². The molecule has 0 saturated carbocycles. The molecule has 2 aliphatic rings. The minimum absolute atomic E-state index is 0.831. The molecule has 0 aliphatic carbocycles. The lowest BCUT2D eigenvalue weighted by Crippen LogP contribution is -2.63. The zero-order valence-electron chi connectivity index (χ0n) is 12.6. The molecule has 2 rings (SSSR count). The molecule has 0 aromatic rings. The third-order valence-electron chi connectivity index (χ3n) is 5.72. The van der Waals surface area contributed by atoms with Crippen LogP contribution in [-0.2, 0) is 0 Å². The first-order valence-corrected chi connectivity index (χ1v) is 7.87. The average molecular weight is 238 g/mol. The molecule has 17 heavy (non-hydrogen) atoms. The Hall–Kier alpha value is -0.0400. The van der Waals surface area contributed by atoms with E-state index >= 15 is 0 Å². The van der Waals surface area contributed by atoms with E-state index in [1.54, 1.807) is 0 Å². The Kier molecular flexibility index (Phi) is 3.87. The van der Waals surface area contributed by atoms with Crippen molar-refractivity contribution >= 4 is 0 Å². The Morgan fingerprint density at radius 1 is 1.00 bits per heavy atom. The molecule has 2 heterocycles. The van der Waals surface area contributed by atoms with Crippen molar-refractivity contribution < 1.29 is 4.48 Å². The Morgan fingerprint density at radius 2 is 1.53 bits per heavy atom. The second-order valence-corrected chi connectivity index (χ2v) is 7.26. The normalized spacial score (nSPS) is 41.5. The van der Waals surface area contributed by atoms with E-state index in [4.69, 9.17) is 0 Å². The van der Waals surface area contributed by atoms with Gasteiger partial charge in [0.05, 0.1) is 24.7 Å². The first-order chi connectivity index (χ1) is 8.00. The summed E-state index contributed by atoms with van der Waals surface area (Å²) in [5.41, 5.74) is 0. The van der Waals surface area contributed by atoms with Gasteiger partial charge in [0.15, 0.2) is 0 Å². The largest absolute Gasteiger partial charge is 0.317 e. The Bertz CT molecular complexity index is 242. The quantitative estimate of drug-likeness (QED) is 0.643. The van der Waals surface area contributed by atoms with Crippen LogP contribution in [0.4, 0.5) is 0 Å². The van der Waals surface area contributed by atoms with Crippen molar-refractivity contribution in [1.82, 2.24) is 0 Å². The molecule has 0 amide bonds. The summed E-state index contributed by atoms with van der Waals surface area (Å²) in [4.78, 5) is 0. The fourth-order valence-electron chi connectivity index (χ4n) is 5.24. The molecule has 2 aliphatic heterocycles. The van der Waals surface area contributed by atoms with E-state index in [-0.39, 0.29) is 0 Å². The van der Waals surface area contributed by atoms with Crippen molar-refractivity contribution in [3.05, 3.63) is 0 Å². The lowest BCUT2D eigenvalue weighted by molar-refractivity contribution is -0.983. The van der Waals surface area contributed by atoms with Gasteiger partial charge in [-0.3, -0.25) is 0 Å². The molecule has 2 saturated heterocycles. The summed E-state index contributed by atoms with van der Waals surface area (Å²) >= 11 is 0. The summed E-state index contributed by atoms with van der Waals surface area (Å²) in [5.74, 6) is 1.92. The van der Waals surface area contributed by atoms with Gasteiger partial charge < -0.3 is 4.48 Å². The molecule has 100 valence electrons. The van der Waals surface area contributed by atoms with E-state index in [1.165, 1.54) is 43.1 Å². The maximum Gasteiger partial charge on any atom is 0.0899 e. The molecule has 0 aromatic heterocycles. The summed E-state index contributed by atoms with van der Waals surface area (Å²) in [5, 5.41) is 0. The lowest BCUT2D eigenvalue weighted by atomic mass is 9.82. The molecule has 0 N–H and O–H groups in total. The van der Waals surface area contributed by atoms with Crippen molar-refractivity contribution in [3.63, 3.8) is 0 Å². The Balaban J connectivity index is 2.12. The highest BCUT2D eigenvalue weighted by Crippen LogP contribution is 2.47. The number of hydrogen-bond acceptors (Lipinski definition) is 0. The predicted molar refractivity (Wildman–Crippen MR) is 74.9 cm³/mol. The first-order valence-electron chi connectivity index (χ1n) is 7.87. The van der Waals surface area contributed by atoms with Crippen LogP contribution in [0.25, 0.3) is 0 Å². The Morgan fingerprint density at radius 3 is 1.88 bits per heavy atom. The van der Waals surface area contributed by atoms with Crippen LogP contribution in [0.15, 0.2) is 0 Å². The average Bonchev–Trinajstić information content (AvgIpc) is 2.43. The van der Waals surface area contributed by atoms with E-state index in [0.29, 0.717) is 0 Å². The Labute approximate surface area is 108 Å². The van der Waals surface area contributed by atoms with Gasteiger partial charge in [-0.2, -0.15) is 0 Å². The monoisotopic (exact) mass is 238 g/mol. The van der Waals surface area contributed by atoms with Crippen LogP contribution in [-0.4, -0.2) is 29.2 Å². The zero-order chi connectivity index (χ0) is 12.6. The highest BCUT2D eigenvalue weighted by atomic mass is 15.4. The number of fused-ring (bicyclic) bond motifs is 2. The van der Waals surface area contributed by atoms with Gasteiger partial charge in [0.1, 0.15) is 0 Å². The standard InChI is InChI=1S/C16H32N/c1-6-17(13(4)5)15-7-8-16(17)11-14(10-15)9-12(2)3/h12-16H,6-11H2,1-5H3/q+1/t14?,15-,16+,17?. The van der Waals surface area contributed by atoms with Crippen LogP contribution >= 0.6 is 0 Å². The molecule has 2 fully saturated rings. The van der Waals surface area contributed by atoms with Gasteiger partial charge in [-0.1, -0.05) is 13.8 Å². The van der Waals surface area contributed by atoms with Crippen LogP contribution in [0.3, 0.4) is 0 Å². The summed E-state index contributed by atoms with van der Waals surface area (Å²) in [6.07, 6.45) is 7.51. The predicted octanol–water partition coefficient (Wildman–Crippen LogP) is 4.22. The first kappa shape index (κ1) is 13.4. The van der Waals surface area contributed by atoms with Crippen molar-refractivity contribution in [2.45, 2.75) is 84.8 Å². The number of hydrogen-bond donors (Lipinski definition) is 0.